The van der Waals surface area contributed by atoms with Gasteiger partial charge >= 0.3 is 0 Å². The number of aromatic nitrogens is 2. The minimum Gasteiger partial charge on any atom is -0.373 e. The summed E-state index contributed by atoms with van der Waals surface area (Å²) in [6.07, 6.45) is 3.80. The Kier molecular flexibility index (Phi) is 5.04. The molecule has 0 spiro atoms. The first kappa shape index (κ1) is 16.0. The molecule has 1 aromatic heterocycles. The first-order valence-electron chi connectivity index (χ1n) is 7.99. The number of nitrogens with one attached hydrogen (secondary N) is 1. The maximum atomic E-state index is 4.57. The van der Waals surface area contributed by atoms with E-state index < -0.39 is 0 Å². The minimum atomic E-state index is 0.250. The van der Waals surface area contributed by atoms with Gasteiger partial charge in [0.15, 0.2) is 0 Å². The molecule has 5 nitrogen and oxygen atoms in total. The van der Waals surface area contributed by atoms with Gasteiger partial charge in [-0.15, -0.1) is 0 Å². The SMILES string of the molecule is CCCc1c(NC)ncnc1N1CCN(C(C)(C)C)CC1. The van der Waals surface area contributed by atoms with Gasteiger partial charge in [-0.2, -0.15) is 0 Å². The predicted octanol–water partition coefficient (Wildman–Crippen LogP) is 2.39. The number of nitrogens with zero attached hydrogens (tertiary/aromatic N) is 4. The summed E-state index contributed by atoms with van der Waals surface area (Å²) in [5.74, 6) is 2.09. The second-order valence-corrected chi connectivity index (χ2v) is 6.67. The van der Waals surface area contributed by atoms with E-state index in [-0.39, 0.29) is 5.54 Å². The minimum absolute atomic E-state index is 0.250. The molecule has 0 aromatic carbocycles. The molecule has 0 unspecified atom stereocenters. The quantitative estimate of drug-likeness (QED) is 0.923. The molecular formula is C16H29N5. The van der Waals surface area contributed by atoms with E-state index in [1.807, 2.05) is 7.05 Å². The molecule has 0 bridgehead atoms. The van der Waals surface area contributed by atoms with Crippen molar-refractivity contribution in [2.75, 3.05) is 43.4 Å². The van der Waals surface area contributed by atoms with Crippen molar-refractivity contribution in [2.45, 2.75) is 46.1 Å². The molecular weight excluding hydrogens is 262 g/mol. The molecule has 1 aliphatic rings. The fourth-order valence-corrected chi connectivity index (χ4v) is 2.96. The smallest absolute Gasteiger partial charge is 0.137 e. The van der Waals surface area contributed by atoms with Gasteiger partial charge in [0.25, 0.3) is 0 Å². The summed E-state index contributed by atoms with van der Waals surface area (Å²) in [6, 6.07) is 0. The molecule has 2 rings (SSSR count). The van der Waals surface area contributed by atoms with Crippen LogP contribution < -0.4 is 10.2 Å². The molecule has 0 amide bonds. The molecule has 0 saturated carbocycles. The van der Waals surface area contributed by atoms with Crippen molar-refractivity contribution in [2.24, 2.45) is 0 Å². The van der Waals surface area contributed by atoms with Gasteiger partial charge in [0.2, 0.25) is 0 Å². The molecule has 5 heteroatoms. The maximum Gasteiger partial charge on any atom is 0.137 e. The molecule has 0 radical (unpaired) electrons. The molecule has 21 heavy (non-hydrogen) atoms. The Hall–Kier alpha value is -1.36. The number of piperazine rings is 1. The van der Waals surface area contributed by atoms with Crippen LogP contribution in [0, 0.1) is 0 Å². The van der Waals surface area contributed by atoms with Crippen LogP contribution in [0.3, 0.4) is 0 Å². The summed E-state index contributed by atoms with van der Waals surface area (Å²) in [6.45, 7) is 13.3. The van der Waals surface area contributed by atoms with Crippen LogP contribution >= 0.6 is 0 Å². The third-order valence-electron chi connectivity index (χ3n) is 4.19. The lowest BCUT2D eigenvalue weighted by molar-refractivity contribution is 0.128. The zero-order chi connectivity index (χ0) is 15.5. The van der Waals surface area contributed by atoms with Crippen LogP contribution in [0.1, 0.15) is 39.7 Å². The summed E-state index contributed by atoms with van der Waals surface area (Å²) < 4.78 is 0. The van der Waals surface area contributed by atoms with Crippen LogP contribution in [-0.4, -0.2) is 53.6 Å². The van der Waals surface area contributed by atoms with Crippen LogP contribution in [0.25, 0.3) is 0 Å². The highest BCUT2D eigenvalue weighted by Gasteiger charge is 2.27. The third kappa shape index (κ3) is 3.64. The van der Waals surface area contributed by atoms with Crippen molar-refractivity contribution in [3.8, 4) is 0 Å². The van der Waals surface area contributed by atoms with Crippen LogP contribution in [0.15, 0.2) is 6.33 Å². The first-order chi connectivity index (χ1) is 9.97. The van der Waals surface area contributed by atoms with Gasteiger partial charge in [-0.05, 0) is 27.2 Å². The average molecular weight is 291 g/mol. The van der Waals surface area contributed by atoms with Gasteiger partial charge in [-0.3, -0.25) is 4.90 Å². The molecule has 1 aromatic rings. The summed E-state index contributed by atoms with van der Waals surface area (Å²) in [5, 5.41) is 3.20. The molecule has 0 atom stereocenters. The fourth-order valence-electron chi connectivity index (χ4n) is 2.96. The Bertz CT molecular complexity index is 458. The zero-order valence-electron chi connectivity index (χ0n) is 14.1. The standard InChI is InChI=1S/C16H29N5/c1-6-7-13-14(17-5)18-12-19-15(13)20-8-10-21(11-9-20)16(2,3)4/h12H,6-11H2,1-5H3,(H,17,18,19). The maximum absolute atomic E-state index is 4.57. The Morgan fingerprint density at radius 3 is 2.33 bits per heavy atom. The average Bonchev–Trinajstić information content (AvgIpc) is 2.47. The van der Waals surface area contributed by atoms with Crippen LogP contribution in [-0.2, 0) is 6.42 Å². The van der Waals surface area contributed by atoms with Crippen molar-refractivity contribution in [3.05, 3.63) is 11.9 Å². The fraction of sp³-hybridized carbons (Fsp3) is 0.750. The van der Waals surface area contributed by atoms with Gasteiger partial charge in [0, 0.05) is 44.3 Å². The van der Waals surface area contributed by atoms with E-state index in [0.29, 0.717) is 0 Å². The van der Waals surface area contributed by atoms with E-state index in [0.717, 1.165) is 50.7 Å². The van der Waals surface area contributed by atoms with Gasteiger partial charge in [-0.25, -0.2) is 9.97 Å². The molecule has 1 N–H and O–H groups in total. The molecule has 2 heterocycles. The lowest BCUT2D eigenvalue weighted by Gasteiger charge is -2.43. The van der Waals surface area contributed by atoms with E-state index >= 15 is 0 Å². The van der Waals surface area contributed by atoms with E-state index in [9.17, 15) is 0 Å². The van der Waals surface area contributed by atoms with E-state index in [2.05, 4.69) is 52.8 Å². The topological polar surface area (TPSA) is 44.3 Å². The molecule has 1 saturated heterocycles. The molecule has 0 aliphatic carbocycles. The lowest BCUT2D eigenvalue weighted by Crippen LogP contribution is -2.53. The number of rotatable bonds is 4. The second-order valence-electron chi connectivity index (χ2n) is 6.67. The normalized spacial score (nSPS) is 17.1. The first-order valence-corrected chi connectivity index (χ1v) is 7.99. The van der Waals surface area contributed by atoms with Crippen LogP contribution in [0.4, 0.5) is 11.6 Å². The van der Waals surface area contributed by atoms with E-state index in [1.165, 1.54) is 5.56 Å². The second kappa shape index (κ2) is 6.60. The predicted molar refractivity (Wildman–Crippen MR) is 89.1 cm³/mol. The monoisotopic (exact) mass is 291 g/mol. The summed E-state index contributed by atoms with van der Waals surface area (Å²) in [7, 11) is 1.93. The number of anilines is 2. The number of hydrogen-bond acceptors (Lipinski definition) is 5. The van der Waals surface area contributed by atoms with E-state index in [1.54, 1.807) is 6.33 Å². The van der Waals surface area contributed by atoms with Crippen molar-refractivity contribution >= 4 is 11.6 Å². The Morgan fingerprint density at radius 1 is 1.14 bits per heavy atom. The highest BCUT2D eigenvalue weighted by atomic mass is 15.3. The summed E-state index contributed by atoms with van der Waals surface area (Å²) in [5.41, 5.74) is 1.51. The zero-order valence-corrected chi connectivity index (χ0v) is 14.1. The van der Waals surface area contributed by atoms with E-state index in [4.69, 9.17) is 0 Å². The summed E-state index contributed by atoms with van der Waals surface area (Å²) >= 11 is 0. The number of hydrogen-bond donors (Lipinski definition) is 1. The van der Waals surface area contributed by atoms with Crippen molar-refractivity contribution in [3.63, 3.8) is 0 Å². The Balaban J connectivity index is 2.16. The Morgan fingerprint density at radius 2 is 1.81 bits per heavy atom. The summed E-state index contributed by atoms with van der Waals surface area (Å²) in [4.78, 5) is 13.9. The van der Waals surface area contributed by atoms with Gasteiger partial charge in [0.1, 0.15) is 18.0 Å². The highest BCUT2D eigenvalue weighted by Crippen LogP contribution is 2.26. The van der Waals surface area contributed by atoms with Gasteiger partial charge in [-0.1, -0.05) is 13.3 Å². The van der Waals surface area contributed by atoms with Crippen molar-refractivity contribution < 1.29 is 0 Å². The largest absolute Gasteiger partial charge is 0.373 e. The third-order valence-corrected chi connectivity index (χ3v) is 4.19. The van der Waals surface area contributed by atoms with Gasteiger partial charge < -0.3 is 10.2 Å². The lowest BCUT2D eigenvalue weighted by atomic mass is 10.0. The molecule has 1 fully saturated rings. The molecule has 1 aliphatic heterocycles. The van der Waals surface area contributed by atoms with Crippen LogP contribution in [0.5, 0.6) is 0 Å². The molecule has 118 valence electrons. The Labute approximate surface area is 128 Å². The van der Waals surface area contributed by atoms with Crippen molar-refractivity contribution in [1.82, 2.24) is 14.9 Å². The van der Waals surface area contributed by atoms with Gasteiger partial charge in [0.05, 0.1) is 0 Å². The highest BCUT2D eigenvalue weighted by molar-refractivity contribution is 5.58. The van der Waals surface area contributed by atoms with Crippen molar-refractivity contribution in [1.29, 1.82) is 0 Å². The van der Waals surface area contributed by atoms with Crippen LogP contribution in [0.2, 0.25) is 0 Å².